The largest absolute Gasteiger partial charge is 0.497 e. The number of nitrogens with zero attached hydrogens (tertiary/aromatic N) is 1. The molecule has 0 atom stereocenters. The third-order valence-corrected chi connectivity index (χ3v) is 3.83. The van der Waals surface area contributed by atoms with Gasteiger partial charge in [-0.25, -0.2) is 0 Å². The van der Waals surface area contributed by atoms with E-state index in [9.17, 15) is 4.79 Å². The van der Waals surface area contributed by atoms with Crippen LogP contribution in [0.5, 0.6) is 5.75 Å². The monoisotopic (exact) mass is 312 g/mol. The van der Waals surface area contributed by atoms with E-state index in [4.69, 9.17) is 9.47 Å². The Bertz CT molecular complexity index is 664. The zero-order valence-corrected chi connectivity index (χ0v) is 13.1. The molecule has 1 amide bonds. The van der Waals surface area contributed by atoms with E-state index in [1.807, 2.05) is 30.3 Å². The number of rotatable bonds is 4. The highest BCUT2D eigenvalue weighted by Gasteiger charge is 2.11. The van der Waals surface area contributed by atoms with E-state index in [1.165, 1.54) is 0 Å². The van der Waals surface area contributed by atoms with Crippen LogP contribution in [0.4, 0.5) is 11.4 Å². The first-order chi connectivity index (χ1) is 11.3. The summed E-state index contributed by atoms with van der Waals surface area (Å²) in [5.74, 6) is 0.517. The van der Waals surface area contributed by atoms with Crippen LogP contribution in [-0.2, 0) is 4.74 Å². The van der Waals surface area contributed by atoms with Crippen molar-refractivity contribution in [2.75, 3.05) is 43.6 Å². The second-order valence-corrected chi connectivity index (χ2v) is 5.33. The van der Waals surface area contributed by atoms with Gasteiger partial charge >= 0.3 is 0 Å². The molecule has 1 heterocycles. The maximum Gasteiger partial charge on any atom is 0.255 e. The molecule has 2 aromatic rings. The normalized spacial score (nSPS) is 14.4. The summed E-state index contributed by atoms with van der Waals surface area (Å²) in [6.45, 7) is 3.31. The lowest BCUT2D eigenvalue weighted by Gasteiger charge is -2.28. The minimum Gasteiger partial charge on any atom is -0.497 e. The van der Waals surface area contributed by atoms with E-state index in [0.717, 1.165) is 37.7 Å². The molecule has 0 radical (unpaired) electrons. The van der Waals surface area contributed by atoms with Gasteiger partial charge in [-0.1, -0.05) is 6.07 Å². The molecule has 1 saturated heterocycles. The van der Waals surface area contributed by atoms with E-state index >= 15 is 0 Å². The second-order valence-electron chi connectivity index (χ2n) is 5.33. The summed E-state index contributed by atoms with van der Waals surface area (Å²) in [4.78, 5) is 14.6. The maximum absolute atomic E-state index is 12.3. The number of anilines is 2. The van der Waals surface area contributed by atoms with Gasteiger partial charge in [-0.3, -0.25) is 4.79 Å². The lowest BCUT2D eigenvalue weighted by Crippen LogP contribution is -2.36. The molecule has 1 N–H and O–H groups in total. The maximum atomic E-state index is 12.3. The number of morpholine rings is 1. The summed E-state index contributed by atoms with van der Waals surface area (Å²) < 4.78 is 10.5. The third-order valence-electron chi connectivity index (χ3n) is 3.83. The summed E-state index contributed by atoms with van der Waals surface area (Å²) >= 11 is 0. The molecular weight excluding hydrogens is 292 g/mol. The van der Waals surface area contributed by atoms with Crippen molar-refractivity contribution in [3.05, 3.63) is 54.1 Å². The van der Waals surface area contributed by atoms with Crippen LogP contribution in [0.2, 0.25) is 0 Å². The van der Waals surface area contributed by atoms with Crippen molar-refractivity contribution in [2.45, 2.75) is 0 Å². The van der Waals surface area contributed by atoms with Gasteiger partial charge < -0.3 is 19.7 Å². The summed E-state index contributed by atoms with van der Waals surface area (Å²) in [7, 11) is 1.58. The molecule has 5 nitrogen and oxygen atoms in total. The van der Waals surface area contributed by atoms with Crippen LogP contribution in [0.1, 0.15) is 10.4 Å². The molecule has 5 heteroatoms. The molecule has 0 aliphatic carbocycles. The Kier molecular flexibility index (Phi) is 4.78. The van der Waals surface area contributed by atoms with Gasteiger partial charge in [0, 0.05) is 30.0 Å². The van der Waals surface area contributed by atoms with Crippen LogP contribution >= 0.6 is 0 Å². The van der Waals surface area contributed by atoms with Crippen LogP contribution in [-0.4, -0.2) is 39.3 Å². The van der Waals surface area contributed by atoms with E-state index in [1.54, 1.807) is 25.3 Å². The molecule has 23 heavy (non-hydrogen) atoms. The SMILES string of the molecule is COc1cccc(C(=O)Nc2ccc(N3CCOCC3)cc2)c1. The number of hydrogen-bond donors (Lipinski definition) is 1. The van der Waals surface area contributed by atoms with Crippen molar-refractivity contribution in [2.24, 2.45) is 0 Å². The fourth-order valence-corrected chi connectivity index (χ4v) is 2.54. The van der Waals surface area contributed by atoms with Crippen molar-refractivity contribution < 1.29 is 14.3 Å². The summed E-state index contributed by atoms with van der Waals surface area (Å²) in [6.07, 6.45) is 0. The molecular formula is C18H20N2O3. The Labute approximate surface area is 135 Å². The molecule has 0 saturated carbocycles. The summed E-state index contributed by atoms with van der Waals surface area (Å²) in [5.41, 5.74) is 2.49. The first-order valence-electron chi connectivity index (χ1n) is 7.64. The van der Waals surface area contributed by atoms with Gasteiger partial charge in [-0.15, -0.1) is 0 Å². The molecule has 0 unspecified atom stereocenters. The zero-order valence-electron chi connectivity index (χ0n) is 13.1. The van der Waals surface area contributed by atoms with E-state index in [2.05, 4.69) is 10.2 Å². The molecule has 1 fully saturated rings. The molecule has 1 aliphatic rings. The van der Waals surface area contributed by atoms with Crippen molar-refractivity contribution >= 4 is 17.3 Å². The van der Waals surface area contributed by atoms with E-state index in [0.29, 0.717) is 11.3 Å². The number of methoxy groups -OCH3 is 1. The predicted octanol–water partition coefficient (Wildman–Crippen LogP) is 2.78. The molecule has 3 rings (SSSR count). The van der Waals surface area contributed by atoms with E-state index in [-0.39, 0.29) is 5.91 Å². The summed E-state index contributed by atoms with van der Waals surface area (Å²) in [5, 5.41) is 2.90. The van der Waals surface area contributed by atoms with Crippen molar-refractivity contribution in [3.63, 3.8) is 0 Å². The number of nitrogens with one attached hydrogen (secondary N) is 1. The highest BCUT2D eigenvalue weighted by Crippen LogP contribution is 2.20. The molecule has 0 spiro atoms. The standard InChI is InChI=1S/C18H20N2O3/c1-22-17-4-2-3-14(13-17)18(21)19-15-5-7-16(8-6-15)20-9-11-23-12-10-20/h2-8,13H,9-12H2,1H3,(H,19,21). The average Bonchev–Trinajstić information content (AvgIpc) is 2.63. The highest BCUT2D eigenvalue weighted by molar-refractivity contribution is 6.04. The average molecular weight is 312 g/mol. The van der Waals surface area contributed by atoms with Crippen LogP contribution in [0, 0.1) is 0 Å². The fourth-order valence-electron chi connectivity index (χ4n) is 2.54. The Morgan fingerprint density at radius 1 is 1.13 bits per heavy atom. The molecule has 1 aliphatic heterocycles. The lowest BCUT2D eigenvalue weighted by molar-refractivity contribution is 0.102. The smallest absolute Gasteiger partial charge is 0.255 e. The number of ether oxygens (including phenoxy) is 2. The number of carbonyl (C=O) groups excluding carboxylic acids is 1. The van der Waals surface area contributed by atoms with E-state index < -0.39 is 0 Å². The van der Waals surface area contributed by atoms with Crippen LogP contribution < -0.4 is 15.0 Å². The van der Waals surface area contributed by atoms with Crippen molar-refractivity contribution in [3.8, 4) is 5.75 Å². The topological polar surface area (TPSA) is 50.8 Å². The predicted molar refractivity (Wildman–Crippen MR) is 90.4 cm³/mol. The van der Waals surface area contributed by atoms with Gasteiger partial charge in [-0.05, 0) is 42.5 Å². The third kappa shape index (κ3) is 3.81. The van der Waals surface area contributed by atoms with Crippen molar-refractivity contribution in [1.82, 2.24) is 0 Å². The van der Waals surface area contributed by atoms with Crippen molar-refractivity contribution in [1.29, 1.82) is 0 Å². The quantitative estimate of drug-likeness (QED) is 0.943. The Hall–Kier alpha value is -2.53. The van der Waals surface area contributed by atoms with Gasteiger partial charge in [0.05, 0.1) is 20.3 Å². The summed E-state index contributed by atoms with van der Waals surface area (Å²) in [6, 6.07) is 15.0. The van der Waals surface area contributed by atoms with Gasteiger partial charge in [0.15, 0.2) is 0 Å². The Balaban J connectivity index is 1.66. The first kappa shape index (κ1) is 15.4. The van der Waals surface area contributed by atoms with Gasteiger partial charge in [0.2, 0.25) is 0 Å². The molecule has 2 aromatic carbocycles. The Morgan fingerprint density at radius 3 is 2.57 bits per heavy atom. The van der Waals surface area contributed by atoms with Gasteiger partial charge in [-0.2, -0.15) is 0 Å². The Morgan fingerprint density at radius 2 is 1.87 bits per heavy atom. The van der Waals surface area contributed by atoms with Crippen LogP contribution in [0.3, 0.4) is 0 Å². The first-order valence-corrected chi connectivity index (χ1v) is 7.64. The fraction of sp³-hybridized carbons (Fsp3) is 0.278. The molecule has 0 bridgehead atoms. The second kappa shape index (κ2) is 7.15. The van der Waals surface area contributed by atoms with Gasteiger partial charge in [0.25, 0.3) is 5.91 Å². The van der Waals surface area contributed by atoms with Crippen LogP contribution in [0.25, 0.3) is 0 Å². The lowest BCUT2D eigenvalue weighted by atomic mass is 10.2. The number of carbonyl (C=O) groups is 1. The number of benzene rings is 2. The molecule has 120 valence electrons. The number of hydrogen-bond acceptors (Lipinski definition) is 4. The molecule has 0 aromatic heterocycles. The minimum absolute atomic E-state index is 0.150. The minimum atomic E-state index is -0.150. The van der Waals surface area contributed by atoms with Gasteiger partial charge in [0.1, 0.15) is 5.75 Å². The van der Waals surface area contributed by atoms with Crippen LogP contribution in [0.15, 0.2) is 48.5 Å². The highest BCUT2D eigenvalue weighted by atomic mass is 16.5. The number of amides is 1. The zero-order chi connectivity index (χ0) is 16.1.